The zero-order chi connectivity index (χ0) is 15.7. The fourth-order valence-electron chi connectivity index (χ4n) is 1.79. The molecule has 0 atom stereocenters. The first-order valence-corrected chi connectivity index (χ1v) is 8.02. The zero-order valence-corrected chi connectivity index (χ0v) is 13.9. The van der Waals surface area contributed by atoms with Gasteiger partial charge in [-0.25, -0.2) is 4.98 Å². The minimum atomic E-state index is -0.228. The van der Waals surface area contributed by atoms with Gasteiger partial charge < -0.3 is 5.11 Å². The molecule has 0 aliphatic carbocycles. The van der Waals surface area contributed by atoms with Gasteiger partial charge in [-0.05, 0) is 18.2 Å². The van der Waals surface area contributed by atoms with Crippen molar-refractivity contribution in [3.05, 3.63) is 51.0 Å². The quantitative estimate of drug-likeness (QED) is 0.477. The Morgan fingerprint density at radius 2 is 1.95 bits per heavy atom. The standard InChI is InChI=1S/C14H8Cl3N3OS/c15-8-5-9(16)13(21)12(17)7(8)6-18-20-14-19-10-3-1-2-4-11(10)22-14/h1-6,21H,(H,19,20)/b18-6+. The molecule has 0 amide bonds. The minimum Gasteiger partial charge on any atom is -0.505 e. The van der Waals surface area contributed by atoms with Crippen LogP contribution < -0.4 is 5.43 Å². The number of anilines is 1. The molecule has 4 nitrogen and oxygen atoms in total. The number of thiazole rings is 1. The zero-order valence-electron chi connectivity index (χ0n) is 10.8. The Morgan fingerprint density at radius 1 is 1.18 bits per heavy atom. The van der Waals surface area contributed by atoms with Gasteiger partial charge in [0.1, 0.15) is 0 Å². The number of nitrogens with zero attached hydrogens (tertiary/aromatic N) is 2. The van der Waals surface area contributed by atoms with Gasteiger partial charge in [-0.15, -0.1) is 0 Å². The van der Waals surface area contributed by atoms with E-state index in [9.17, 15) is 5.11 Å². The summed E-state index contributed by atoms with van der Waals surface area (Å²) in [6.45, 7) is 0. The van der Waals surface area contributed by atoms with Crippen LogP contribution in [0, 0.1) is 0 Å². The molecule has 2 N–H and O–H groups in total. The van der Waals surface area contributed by atoms with E-state index in [1.807, 2.05) is 24.3 Å². The van der Waals surface area contributed by atoms with E-state index < -0.39 is 0 Å². The second kappa shape index (κ2) is 6.30. The number of aromatic hydroxyl groups is 1. The van der Waals surface area contributed by atoms with Gasteiger partial charge in [0, 0.05) is 5.56 Å². The third-order valence-electron chi connectivity index (χ3n) is 2.83. The second-order valence-corrected chi connectivity index (χ2v) is 6.50. The molecule has 0 unspecified atom stereocenters. The van der Waals surface area contributed by atoms with E-state index >= 15 is 0 Å². The summed E-state index contributed by atoms with van der Waals surface area (Å²) in [5, 5.41) is 14.8. The summed E-state index contributed by atoms with van der Waals surface area (Å²) in [4.78, 5) is 4.38. The van der Waals surface area contributed by atoms with Crippen molar-refractivity contribution in [2.24, 2.45) is 5.10 Å². The van der Waals surface area contributed by atoms with E-state index in [-0.39, 0.29) is 15.8 Å². The molecule has 3 aromatic rings. The smallest absolute Gasteiger partial charge is 0.204 e. The first kappa shape index (κ1) is 15.4. The van der Waals surface area contributed by atoms with Crippen molar-refractivity contribution >= 4 is 67.7 Å². The molecular formula is C14H8Cl3N3OS. The molecule has 0 aliphatic rings. The minimum absolute atomic E-state index is 0.0485. The van der Waals surface area contributed by atoms with Crippen molar-refractivity contribution in [2.75, 3.05) is 5.43 Å². The lowest BCUT2D eigenvalue weighted by Gasteiger charge is -2.05. The number of halogens is 3. The summed E-state index contributed by atoms with van der Waals surface area (Å²) in [6.07, 6.45) is 1.41. The number of phenols is 1. The van der Waals surface area contributed by atoms with Gasteiger partial charge in [-0.1, -0.05) is 58.3 Å². The highest BCUT2D eigenvalue weighted by molar-refractivity contribution is 7.22. The topological polar surface area (TPSA) is 57.5 Å². The number of rotatable bonds is 3. The molecule has 3 rings (SSSR count). The summed E-state index contributed by atoms with van der Waals surface area (Å²) in [5.74, 6) is -0.228. The third-order valence-corrected chi connectivity index (χ3v) is 4.75. The summed E-state index contributed by atoms with van der Waals surface area (Å²) >= 11 is 19.3. The molecule has 0 radical (unpaired) electrons. The van der Waals surface area contributed by atoms with Crippen molar-refractivity contribution in [2.45, 2.75) is 0 Å². The van der Waals surface area contributed by atoms with E-state index in [0.29, 0.717) is 15.7 Å². The van der Waals surface area contributed by atoms with Crippen LogP contribution in [0.4, 0.5) is 5.13 Å². The first-order chi connectivity index (χ1) is 10.6. The molecule has 1 heterocycles. The molecule has 1 aromatic heterocycles. The van der Waals surface area contributed by atoms with Crippen molar-refractivity contribution in [1.82, 2.24) is 4.98 Å². The highest BCUT2D eigenvalue weighted by Crippen LogP contribution is 2.38. The van der Waals surface area contributed by atoms with Crippen LogP contribution in [0.5, 0.6) is 5.75 Å². The lowest BCUT2D eigenvalue weighted by molar-refractivity contribution is 0.476. The summed E-state index contributed by atoms with van der Waals surface area (Å²) in [7, 11) is 0. The molecular weight excluding hydrogens is 365 g/mol. The molecule has 0 bridgehead atoms. The van der Waals surface area contributed by atoms with Gasteiger partial charge in [0.15, 0.2) is 5.75 Å². The number of aromatic nitrogens is 1. The molecule has 0 saturated carbocycles. The van der Waals surface area contributed by atoms with Crippen LogP contribution in [0.2, 0.25) is 15.1 Å². The number of nitrogens with one attached hydrogen (secondary N) is 1. The lowest BCUT2D eigenvalue weighted by Crippen LogP contribution is -1.92. The number of fused-ring (bicyclic) bond motifs is 1. The average Bonchev–Trinajstić information content (AvgIpc) is 2.91. The van der Waals surface area contributed by atoms with Gasteiger partial charge in [0.2, 0.25) is 5.13 Å². The summed E-state index contributed by atoms with van der Waals surface area (Å²) < 4.78 is 1.06. The number of benzene rings is 2. The second-order valence-electron chi connectivity index (χ2n) is 4.27. The summed E-state index contributed by atoms with van der Waals surface area (Å²) in [5.41, 5.74) is 4.08. The molecule has 0 aliphatic heterocycles. The molecule has 112 valence electrons. The predicted octanol–water partition coefficient (Wildman–Crippen LogP) is 5.41. The van der Waals surface area contributed by atoms with Crippen molar-refractivity contribution in [3.63, 3.8) is 0 Å². The fourth-order valence-corrected chi connectivity index (χ4v) is 3.46. The van der Waals surface area contributed by atoms with E-state index in [1.165, 1.54) is 23.6 Å². The van der Waals surface area contributed by atoms with Gasteiger partial charge in [-0.2, -0.15) is 5.10 Å². The largest absolute Gasteiger partial charge is 0.505 e. The van der Waals surface area contributed by atoms with E-state index in [2.05, 4.69) is 15.5 Å². The maximum absolute atomic E-state index is 9.71. The Kier molecular flexibility index (Phi) is 4.40. The molecule has 2 aromatic carbocycles. The van der Waals surface area contributed by atoms with Gasteiger partial charge in [0.05, 0.1) is 31.5 Å². The fraction of sp³-hybridized carbons (Fsp3) is 0. The number of hydrogen-bond donors (Lipinski definition) is 2. The molecule has 8 heteroatoms. The summed E-state index contributed by atoms with van der Waals surface area (Å²) in [6, 6.07) is 9.18. The molecule has 22 heavy (non-hydrogen) atoms. The Bertz CT molecular complexity index is 846. The number of para-hydroxylation sites is 1. The average molecular weight is 373 g/mol. The normalized spacial score (nSPS) is 11.4. The molecule has 0 fully saturated rings. The molecule has 0 saturated heterocycles. The maximum atomic E-state index is 9.71. The first-order valence-electron chi connectivity index (χ1n) is 6.07. The van der Waals surface area contributed by atoms with Gasteiger partial charge >= 0.3 is 0 Å². The van der Waals surface area contributed by atoms with Crippen LogP contribution in [0.15, 0.2) is 35.4 Å². The number of phenolic OH excluding ortho intramolecular Hbond substituents is 1. The van der Waals surface area contributed by atoms with Crippen LogP contribution >= 0.6 is 46.1 Å². The van der Waals surface area contributed by atoms with Crippen LogP contribution in [0.3, 0.4) is 0 Å². The lowest BCUT2D eigenvalue weighted by atomic mass is 10.2. The van der Waals surface area contributed by atoms with E-state index in [0.717, 1.165) is 10.2 Å². The molecule has 0 spiro atoms. The van der Waals surface area contributed by atoms with Crippen LogP contribution in [-0.4, -0.2) is 16.3 Å². The van der Waals surface area contributed by atoms with E-state index in [1.54, 1.807) is 0 Å². The number of hydrogen-bond acceptors (Lipinski definition) is 5. The Balaban J connectivity index is 1.84. The van der Waals surface area contributed by atoms with Crippen LogP contribution in [-0.2, 0) is 0 Å². The Labute approximate surface area is 145 Å². The van der Waals surface area contributed by atoms with Crippen molar-refractivity contribution in [3.8, 4) is 5.75 Å². The van der Waals surface area contributed by atoms with Crippen molar-refractivity contribution in [1.29, 1.82) is 0 Å². The Morgan fingerprint density at radius 3 is 2.73 bits per heavy atom. The SMILES string of the molecule is Oc1c(Cl)cc(Cl)c(/C=N/Nc2nc3ccccc3s2)c1Cl. The van der Waals surface area contributed by atoms with Crippen LogP contribution in [0.1, 0.15) is 5.56 Å². The Hall–Kier alpha value is -1.53. The van der Waals surface area contributed by atoms with Crippen molar-refractivity contribution < 1.29 is 5.11 Å². The number of hydrazone groups is 1. The van der Waals surface area contributed by atoms with Gasteiger partial charge in [0.25, 0.3) is 0 Å². The van der Waals surface area contributed by atoms with E-state index in [4.69, 9.17) is 34.8 Å². The van der Waals surface area contributed by atoms with Gasteiger partial charge in [-0.3, -0.25) is 5.43 Å². The van der Waals surface area contributed by atoms with Crippen LogP contribution in [0.25, 0.3) is 10.2 Å². The highest BCUT2D eigenvalue weighted by Gasteiger charge is 2.13. The predicted molar refractivity (Wildman–Crippen MR) is 94.0 cm³/mol. The highest BCUT2D eigenvalue weighted by atomic mass is 35.5. The third kappa shape index (κ3) is 2.98. The monoisotopic (exact) mass is 371 g/mol. The maximum Gasteiger partial charge on any atom is 0.204 e.